The maximum Gasteiger partial charge on any atom is 0.292 e. The van der Waals surface area contributed by atoms with Gasteiger partial charge in [-0.1, -0.05) is 19.0 Å². The van der Waals surface area contributed by atoms with Crippen molar-refractivity contribution >= 4 is 11.8 Å². The second-order valence-corrected chi connectivity index (χ2v) is 6.59. The highest BCUT2D eigenvalue weighted by molar-refractivity contribution is 5.92. The summed E-state index contributed by atoms with van der Waals surface area (Å²) < 4.78 is 5.26. The van der Waals surface area contributed by atoms with Gasteiger partial charge in [-0.25, -0.2) is 0 Å². The Morgan fingerprint density at radius 3 is 2.96 bits per heavy atom. The predicted octanol–water partition coefficient (Wildman–Crippen LogP) is 2.03. The van der Waals surface area contributed by atoms with Crippen LogP contribution in [0.1, 0.15) is 77.4 Å². The predicted molar refractivity (Wildman–Crippen MR) is 90.2 cm³/mol. The molecule has 0 unspecified atom stereocenters. The maximum absolute atomic E-state index is 12.7. The summed E-state index contributed by atoms with van der Waals surface area (Å²) in [6.07, 6.45) is 2.72. The first-order valence-electron chi connectivity index (χ1n) is 8.60. The van der Waals surface area contributed by atoms with Gasteiger partial charge in [0.1, 0.15) is 5.69 Å². The highest BCUT2D eigenvalue weighted by Crippen LogP contribution is 2.27. The number of hydrogen-bond donors (Lipinski definition) is 2. The van der Waals surface area contributed by atoms with Gasteiger partial charge < -0.3 is 15.2 Å². The van der Waals surface area contributed by atoms with E-state index < -0.39 is 5.91 Å². The topological polar surface area (TPSA) is 118 Å². The Labute approximate surface area is 145 Å². The third-order valence-corrected chi connectivity index (χ3v) is 4.85. The van der Waals surface area contributed by atoms with Gasteiger partial charge in [-0.3, -0.25) is 14.7 Å². The van der Waals surface area contributed by atoms with Crippen LogP contribution in [0.15, 0.2) is 16.7 Å². The fraction of sp³-hybridized carbons (Fsp3) is 0.529. The molecule has 134 valence electrons. The van der Waals surface area contributed by atoms with E-state index in [1.54, 1.807) is 17.0 Å². The van der Waals surface area contributed by atoms with Gasteiger partial charge in [-0.2, -0.15) is 5.10 Å². The van der Waals surface area contributed by atoms with Crippen molar-refractivity contribution in [3.8, 4) is 0 Å². The average molecular weight is 345 g/mol. The number of nitrogens with one attached hydrogen (secondary N) is 1. The largest absolute Gasteiger partial charge is 0.364 e. The van der Waals surface area contributed by atoms with Crippen molar-refractivity contribution in [3.05, 3.63) is 35.0 Å². The van der Waals surface area contributed by atoms with Crippen molar-refractivity contribution in [3.63, 3.8) is 0 Å². The van der Waals surface area contributed by atoms with E-state index in [9.17, 15) is 9.59 Å². The molecule has 0 spiro atoms. The second kappa shape index (κ2) is 7.08. The van der Waals surface area contributed by atoms with E-state index >= 15 is 0 Å². The summed E-state index contributed by atoms with van der Waals surface area (Å²) in [7, 11) is 0. The molecule has 2 amide bonds. The minimum atomic E-state index is -0.564. The van der Waals surface area contributed by atoms with Gasteiger partial charge >= 0.3 is 0 Å². The minimum absolute atomic E-state index is 0.0928. The number of nitrogens with zero attached hydrogens (tertiary/aromatic N) is 3. The van der Waals surface area contributed by atoms with Gasteiger partial charge in [-0.15, -0.1) is 0 Å². The van der Waals surface area contributed by atoms with Crippen LogP contribution in [-0.4, -0.2) is 45.2 Å². The van der Waals surface area contributed by atoms with Crippen LogP contribution in [0.2, 0.25) is 0 Å². The zero-order valence-corrected chi connectivity index (χ0v) is 14.5. The molecule has 2 aromatic rings. The van der Waals surface area contributed by atoms with Gasteiger partial charge in [0.25, 0.3) is 11.8 Å². The molecule has 2 aromatic heterocycles. The van der Waals surface area contributed by atoms with E-state index in [0.717, 1.165) is 30.7 Å². The Balaban J connectivity index is 1.70. The van der Waals surface area contributed by atoms with Crippen molar-refractivity contribution in [2.24, 2.45) is 5.73 Å². The number of H-pyrrole nitrogens is 1. The highest BCUT2D eigenvalue weighted by Gasteiger charge is 2.29. The zero-order chi connectivity index (χ0) is 18.0. The summed E-state index contributed by atoms with van der Waals surface area (Å²) >= 11 is 0. The Morgan fingerprint density at radius 2 is 2.28 bits per heavy atom. The molecule has 2 atom stereocenters. The minimum Gasteiger partial charge on any atom is -0.364 e. The molecule has 1 aliphatic rings. The molecule has 0 bridgehead atoms. The number of hydrogen-bond acceptors (Lipinski definition) is 5. The Kier molecular flexibility index (Phi) is 4.87. The highest BCUT2D eigenvalue weighted by atomic mass is 16.5. The molecule has 0 radical (unpaired) electrons. The van der Waals surface area contributed by atoms with Crippen molar-refractivity contribution in [2.75, 3.05) is 13.1 Å². The Hall–Kier alpha value is -2.64. The van der Waals surface area contributed by atoms with Crippen LogP contribution < -0.4 is 5.73 Å². The van der Waals surface area contributed by atoms with Gasteiger partial charge in [0.05, 0.1) is 5.69 Å². The van der Waals surface area contributed by atoms with E-state index in [-0.39, 0.29) is 29.2 Å². The number of carbonyl (C=O) groups is 2. The molecular formula is C17H23N5O3. The lowest BCUT2D eigenvalue weighted by Gasteiger charge is -2.31. The van der Waals surface area contributed by atoms with Crippen LogP contribution in [0.3, 0.4) is 0 Å². The quantitative estimate of drug-likeness (QED) is 0.859. The molecule has 0 aromatic carbocycles. The molecule has 0 saturated carbocycles. The van der Waals surface area contributed by atoms with Gasteiger partial charge in [0.2, 0.25) is 5.76 Å². The summed E-state index contributed by atoms with van der Waals surface area (Å²) in [5.41, 5.74) is 7.08. The van der Waals surface area contributed by atoms with Crippen LogP contribution in [0, 0.1) is 0 Å². The van der Waals surface area contributed by atoms with Crippen molar-refractivity contribution in [2.45, 2.75) is 44.9 Å². The van der Waals surface area contributed by atoms with Gasteiger partial charge in [0.15, 0.2) is 0 Å². The van der Waals surface area contributed by atoms with Crippen molar-refractivity contribution < 1.29 is 14.1 Å². The number of likely N-dealkylation sites (tertiary alicyclic amines) is 1. The summed E-state index contributed by atoms with van der Waals surface area (Å²) in [6, 6.07) is 3.40. The molecule has 1 aliphatic heterocycles. The maximum atomic E-state index is 12.7. The molecule has 8 heteroatoms. The van der Waals surface area contributed by atoms with Crippen LogP contribution in [-0.2, 0) is 0 Å². The lowest BCUT2D eigenvalue weighted by molar-refractivity contribution is 0.0663. The molecule has 0 aliphatic carbocycles. The van der Waals surface area contributed by atoms with E-state index in [4.69, 9.17) is 10.3 Å². The van der Waals surface area contributed by atoms with Crippen LogP contribution in [0.25, 0.3) is 0 Å². The third-order valence-electron chi connectivity index (χ3n) is 4.85. The SMILES string of the molecule is CC[C@H](C)c1cc(C(=O)N2CCC[C@H](c3cc(C(N)=O)n[nH]3)C2)on1. The smallest absolute Gasteiger partial charge is 0.292 e. The number of carbonyl (C=O) groups excluding carboxylic acids is 2. The molecule has 3 heterocycles. The van der Waals surface area contributed by atoms with Crippen molar-refractivity contribution in [1.29, 1.82) is 0 Å². The van der Waals surface area contributed by atoms with E-state index in [1.807, 2.05) is 0 Å². The molecule has 1 saturated heterocycles. The molecule has 25 heavy (non-hydrogen) atoms. The molecule has 8 nitrogen and oxygen atoms in total. The number of amides is 2. The Bertz CT molecular complexity index is 766. The number of aromatic nitrogens is 3. The molecule has 3 N–H and O–H groups in total. The molecule has 3 rings (SSSR count). The lowest BCUT2D eigenvalue weighted by atomic mass is 9.94. The summed E-state index contributed by atoms with van der Waals surface area (Å²) in [5, 5.41) is 10.8. The molecule has 1 fully saturated rings. The number of piperidine rings is 1. The first-order chi connectivity index (χ1) is 12.0. The van der Waals surface area contributed by atoms with Gasteiger partial charge in [0, 0.05) is 36.7 Å². The van der Waals surface area contributed by atoms with E-state index in [2.05, 4.69) is 29.2 Å². The normalized spacial score (nSPS) is 19.0. The molecular weight excluding hydrogens is 322 g/mol. The monoisotopic (exact) mass is 345 g/mol. The number of nitrogens with two attached hydrogens (primary N) is 1. The van der Waals surface area contributed by atoms with Crippen molar-refractivity contribution in [1.82, 2.24) is 20.3 Å². The first-order valence-corrected chi connectivity index (χ1v) is 8.60. The Morgan fingerprint density at radius 1 is 1.48 bits per heavy atom. The van der Waals surface area contributed by atoms with Crippen LogP contribution in [0.4, 0.5) is 0 Å². The standard InChI is InChI=1S/C17H23N5O3/c1-3-10(2)12-8-15(25-21-12)17(24)22-6-4-5-11(9-22)13-7-14(16(18)23)20-19-13/h7-8,10-11H,3-6,9H2,1-2H3,(H2,18,23)(H,19,20)/t10-,11-/m0/s1. The average Bonchev–Trinajstić information content (AvgIpc) is 3.30. The second-order valence-electron chi connectivity index (χ2n) is 6.59. The lowest BCUT2D eigenvalue weighted by Crippen LogP contribution is -2.39. The zero-order valence-electron chi connectivity index (χ0n) is 14.5. The summed E-state index contributed by atoms with van der Waals surface area (Å²) in [4.78, 5) is 25.7. The fourth-order valence-electron chi connectivity index (χ4n) is 3.07. The van der Waals surface area contributed by atoms with Crippen LogP contribution >= 0.6 is 0 Å². The van der Waals surface area contributed by atoms with Gasteiger partial charge in [-0.05, 0) is 25.3 Å². The number of aromatic amines is 1. The third kappa shape index (κ3) is 3.57. The summed E-state index contributed by atoms with van der Waals surface area (Å²) in [5.74, 6) is -0.0860. The van der Waals surface area contributed by atoms with E-state index in [1.165, 1.54) is 0 Å². The van der Waals surface area contributed by atoms with Crippen LogP contribution in [0.5, 0.6) is 0 Å². The number of rotatable bonds is 5. The number of primary amides is 1. The van der Waals surface area contributed by atoms with E-state index in [0.29, 0.717) is 13.1 Å². The first kappa shape index (κ1) is 17.2. The summed E-state index contributed by atoms with van der Waals surface area (Å²) in [6.45, 7) is 5.34. The fourth-order valence-corrected chi connectivity index (χ4v) is 3.07.